The standard InChI is InChI=1S/C24H21N7/c1-14-13-15(2)31-24(25-14)21(22(28-31)18-11-12-18)17-9-7-16(8-10-17)19-5-3-4-6-20(19)23-26-29-30-27-23/h3-10,13,18H,11-12H2,1-2H3,(H,26,27,29,30). The third-order valence-corrected chi connectivity index (χ3v) is 5.88. The maximum atomic E-state index is 4.95. The highest BCUT2D eigenvalue weighted by Gasteiger charge is 2.31. The number of benzene rings is 2. The van der Waals surface area contributed by atoms with Crippen molar-refractivity contribution in [3.63, 3.8) is 0 Å². The number of hydrogen-bond acceptors (Lipinski definition) is 5. The van der Waals surface area contributed by atoms with Crippen LogP contribution in [0.1, 0.15) is 35.8 Å². The predicted octanol–water partition coefficient (Wildman–Crippen LogP) is 4.74. The van der Waals surface area contributed by atoms with Crippen LogP contribution in [-0.2, 0) is 0 Å². The molecule has 3 heterocycles. The fraction of sp³-hybridized carbons (Fsp3) is 0.208. The van der Waals surface area contributed by atoms with E-state index in [0.29, 0.717) is 11.7 Å². The number of H-pyrrole nitrogens is 1. The summed E-state index contributed by atoms with van der Waals surface area (Å²) < 4.78 is 2.00. The number of rotatable bonds is 4. The number of aromatic nitrogens is 7. The third kappa shape index (κ3) is 3.01. The van der Waals surface area contributed by atoms with E-state index in [2.05, 4.69) is 63.9 Å². The van der Waals surface area contributed by atoms with Crippen molar-refractivity contribution in [2.45, 2.75) is 32.6 Å². The van der Waals surface area contributed by atoms with Crippen molar-refractivity contribution in [3.8, 4) is 33.6 Å². The second-order valence-corrected chi connectivity index (χ2v) is 8.17. The summed E-state index contributed by atoms with van der Waals surface area (Å²) in [6.45, 7) is 4.13. The average Bonchev–Trinajstić information content (AvgIpc) is 3.34. The first-order valence-electron chi connectivity index (χ1n) is 10.5. The molecule has 0 spiro atoms. The minimum atomic E-state index is 0.537. The van der Waals surface area contributed by atoms with Crippen molar-refractivity contribution in [2.24, 2.45) is 0 Å². The number of fused-ring (bicyclic) bond motifs is 1. The van der Waals surface area contributed by atoms with Crippen molar-refractivity contribution >= 4 is 5.65 Å². The minimum absolute atomic E-state index is 0.537. The summed E-state index contributed by atoms with van der Waals surface area (Å²) in [6.07, 6.45) is 2.40. The summed E-state index contributed by atoms with van der Waals surface area (Å²) in [6, 6.07) is 18.8. The van der Waals surface area contributed by atoms with Gasteiger partial charge in [-0.25, -0.2) is 9.50 Å². The van der Waals surface area contributed by atoms with Gasteiger partial charge >= 0.3 is 0 Å². The van der Waals surface area contributed by atoms with E-state index < -0.39 is 0 Å². The maximum absolute atomic E-state index is 4.95. The number of hydrogen-bond donors (Lipinski definition) is 1. The molecule has 7 nitrogen and oxygen atoms in total. The lowest BCUT2D eigenvalue weighted by atomic mass is 9.96. The topological polar surface area (TPSA) is 84.6 Å². The molecule has 1 fully saturated rings. The van der Waals surface area contributed by atoms with Crippen molar-refractivity contribution in [1.82, 2.24) is 35.2 Å². The molecule has 3 aromatic heterocycles. The van der Waals surface area contributed by atoms with E-state index in [0.717, 1.165) is 44.9 Å². The van der Waals surface area contributed by atoms with Gasteiger partial charge in [-0.1, -0.05) is 48.5 Å². The average molecular weight is 407 g/mol. The molecule has 2 aromatic carbocycles. The predicted molar refractivity (Wildman–Crippen MR) is 118 cm³/mol. The highest BCUT2D eigenvalue weighted by Crippen LogP contribution is 2.45. The second-order valence-electron chi connectivity index (χ2n) is 8.17. The number of tetrazole rings is 1. The van der Waals surface area contributed by atoms with Crippen molar-refractivity contribution < 1.29 is 0 Å². The molecule has 1 aliphatic rings. The Morgan fingerprint density at radius 1 is 0.935 bits per heavy atom. The molecule has 5 aromatic rings. The van der Waals surface area contributed by atoms with E-state index in [1.165, 1.54) is 18.5 Å². The van der Waals surface area contributed by atoms with Crippen LogP contribution in [0.3, 0.4) is 0 Å². The van der Waals surface area contributed by atoms with Gasteiger partial charge in [-0.2, -0.15) is 10.3 Å². The normalized spacial score (nSPS) is 13.7. The molecule has 0 bridgehead atoms. The Morgan fingerprint density at radius 3 is 2.39 bits per heavy atom. The first-order chi connectivity index (χ1) is 15.2. The Bertz CT molecular complexity index is 1390. The zero-order valence-corrected chi connectivity index (χ0v) is 17.4. The van der Waals surface area contributed by atoms with E-state index in [4.69, 9.17) is 10.1 Å². The molecule has 7 heteroatoms. The van der Waals surface area contributed by atoms with Crippen molar-refractivity contribution in [3.05, 3.63) is 71.7 Å². The van der Waals surface area contributed by atoms with Gasteiger partial charge in [0, 0.05) is 22.9 Å². The summed E-state index contributed by atoms with van der Waals surface area (Å²) in [5, 5.41) is 19.5. The van der Waals surface area contributed by atoms with E-state index >= 15 is 0 Å². The molecule has 31 heavy (non-hydrogen) atoms. The van der Waals surface area contributed by atoms with E-state index in [1.54, 1.807) is 0 Å². The Kier molecular flexibility index (Phi) is 3.96. The minimum Gasteiger partial charge on any atom is -0.233 e. The van der Waals surface area contributed by atoms with Gasteiger partial charge in [0.1, 0.15) is 0 Å². The molecular formula is C24H21N7. The molecule has 1 N–H and O–H groups in total. The van der Waals surface area contributed by atoms with Crippen LogP contribution in [0.15, 0.2) is 54.6 Å². The van der Waals surface area contributed by atoms with Crippen LogP contribution in [0.5, 0.6) is 0 Å². The molecule has 0 atom stereocenters. The van der Waals surface area contributed by atoms with Gasteiger partial charge in [-0.3, -0.25) is 0 Å². The number of aryl methyl sites for hydroxylation is 2. The Labute approximate surface area is 179 Å². The third-order valence-electron chi connectivity index (χ3n) is 5.88. The van der Waals surface area contributed by atoms with Gasteiger partial charge in [-0.05, 0) is 54.7 Å². The molecule has 1 aliphatic carbocycles. The van der Waals surface area contributed by atoms with Crippen LogP contribution in [-0.4, -0.2) is 35.2 Å². The van der Waals surface area contributed by atoms with Crippen LogP contribution in [0, 0.1) is 13.8 Å². The van der Waals surface area contributed by atoms with Gasteiger partial charge in [0.15, 0.2) is 5.65 Å². The van der Waals surface area contributed by atoms with Crippen LogP contribution in [0.25, 0.3) is 39.3 Å². The zero-order valence-electron chi connectivity index (χ0n) is 17.4. The molecule has 0 aliphatic heterocycles. The maximum Gasteiger partial charge on any atom is 0.205 e. The summed E-state index contributed by atoms with van der Waals surface area (Å²) >= 11 is 0. The lowest BCUT2D eigenvalue weighted by molar-refractivity contribution is 0.846. The molecule has 1 saturated carbocycles. The van der Waals surface area contributed by atoms with Gasteiger partial charge in [0.05, 0.1) is 11.3 Å². The quantitative estimate of drug-likeness (QED) is 0.465. The highest BCUT2D eigenvalue weighted by molar-refractivity contribution is 5.85. The van der Waals surface area contributed by atoms with E-state index in [9.17, 15) is 0 Å². The highest BCUT2D eigenvalue weighted by atomic mass is 15.5. The van der Waals surface area contributed by atoms with Gasteiger partial charge in [-0.15, -0.1) is 10.2 Å². The Balaban J connectivity index is 1.48. The lowest BCUT2D eigenvalue weighted by Crippen LogP contribution is -1.97. The lowest BCUT2D eigenvalue weighted by Gasteiger charge is -2.09. The molecule has 0 saturated heterocycles. The molecule has 0 radical (unpaired) electrons. The SMILES string of the molecule is Cc1cc(C)n2nc(C3CC3)c(-c3ccc(-c4ccccc4-c4nn[nH]n4)cc3)c2n1. The number of nitrogens with zero attached hydrogens (tertiary/aromatic N) is 6. The van der Waals surface area contributed by atoms with Crippen molar-refractivity contribution in [1.29, 1.82) is 0 Å². The van der Waals surface area contributed by atoms with Crippen LogP contribution in [0.2, 0.25) is 0 Å². The van der Waals surface area contributed by atoms with Gasteiger partial charge in [0.25, 0.3) is 0 Å². The van der Waals surface area contributed by atoms with E-state index in [-0.39, 0.29) is 0 Å². The van der Waals surface area contributed by atoms with Crippen LogP contribution < -0.4 is 0 Å². The van der Waals surface area contributed by atoms with Crippen LogP contribution >= 0.6 is 0 Å². The first-order valence-corrected chi connectivity index (χ1v) is 10.5. The first kappa shape index (κ1) is 17.9. The summed E-state index contributed by atoms with van der Waals surface area (Å²) in [5.41, 5.74) is 9.67. The summed E-state index contributed by atoms with van der Waals surface area (Å²) in [7, 11) is 0. The number of aromatic amines is 1. The second kappa shape index (κ2) is 6.84. The monoisotopic (exact) mass is 407 g/mol. The molecule has 6 rings (SSSR count). The fourth-order valence-electron chi connectivity index (χ4n) is 4.28. The van der Waals surface area contributed by atoms with Crippen molar-refractivity contribution in [2.75, 3.05) is 0 Å². The largest absolute Gasteiger partial charge is 0.233 e. The molecule has 152 valence electrons. The van der Waals surface area contributed by atoms with Gasteiger partial charge < -0.3 is 0 Å². The molecule has 0 amide bonds. The summed E-state index contributed by atoms with van der Waals surface area (Å²) in [5.74, 6) is 1.13. The Hall–Kier alpha value is -3.87. The van der Waals surface area contributed by atoms with Crippen LogP contribution in [0.4, 0.5) is 0 Å². The smallest absolute Gasteiger partial charge is 0.205 e. The summed E-state index contributed by atoms with van der Waals surface area (Å²) in [4.78, 5) is 4.85. The molecule has 0 unspecified atom stereocenters. The number of nitrogens with one attached hydrogen (secondary N) is 1. The fourth-order valence-corrected chi connectivity index (χ4v) is 4.28. The molecular weight excluding hydrogens is 386 g/mol. The van der Waals surface area contributed by atoms with E-state index in [1.807, 2.05) is 29.6 Å². The van der Waals surface area contributed by atoms with Gasteiger partial charge in [0.2, 0.25) is 5.82 Å². The Morgan fingerprint density at radius 2 is 1.68 bits per heavy atom. The zero-order chi connectivity index (χ0) is 20.9.